The van der Waals surface area contributed by atoms with Crippen LogP contribution in [0, 0.1) is 4.91 Å². The number of nitrogens with zero attached hydrogens (tertiary/aromatic N) is 3. The van der Waals surface area contributed by atoms with Gasteiger partial charge in [0.1, 0.15) is 10.9 Å². The van der Waals surface area contributed by atoms with Crippen LogP contribution in [0.5, 0.6) is 0 Å². The van der Waals surface area contributed by atoms with Crippen LogP contribution in [-0.2, 0) is 47.8 Å². The molecule has 0 spiro atoms. The molecule has 0 fully saturated rings. The van der Waals surface area contributed by atoms with E-state index in [0.717, 1.165) is 62.9 Å². The predicted octanol–water partition coefficient (Wildman–Crippen LogP) is 4.82. The second-order valence-electron chi connectivity index (χ2n) is 8.47. The van der Waals surface area contributed by atoms with Crippen molar-refractivity contribution < 1.29 is 9.53 Å². The van der Waals surface area contributed by atoms with Gasteiger partial charge in [0.2, 0.25) is 0 Å². The SMILES string of the molecule is COCCN(C)Cc1ccc(/S(N=O)=N/C(=O)Nc2c3c(cc4c2CCC4)CCC3)cc1. The number of urea groups is 1. The summed E-state index contributed by atoms with van der Waals surface area (Å²) in [6, 6.07) is 9.40. The van der Waals surface area contributed by atoms with Gasteiger partial charge in [-0.15, -0.1) is 9.27 Å². The third-order valence-electron chi connectivity index (χ3n) is 6.21. The van der Waals surface area contributed by atoms with Crippen molar-refractivity contribution in [1.29, 1.82) is 0 Å². The van der Waals surface area contributed by atoms with Crippen molar-refractivity contribution in [2.24, 2.45) is 8.94 Å². The maximum atomic E-state index is 12.8. The van der Waals surface area contributed by atoms with E-state index in [1.807, 2.05) is 31.3 Å². The Balaban J connectivity index is 1.49. The van der Waals surface area contributed by atoms with Gasteiger partial charge in [-0.2, -0.15) is 0 Å². The quantitative estimate of drug-likeness (QED) is 0.580. The molecular formula is C24H30N4O3S. The monoisotopic (exact) mass is 454 g/mol. The molecule has 170 valence electrons. The molecule has 2 aliphatic rings. The molecule has 2 aromatic rings. The van der Waals surface area contributed by atoms with Gasteiger partial charge in [0.05, 0.1) is 6.61 Å². The number of ether oxygens (including phenoxy) is 1. The number of nitroso groups, excluding NO2 is 1. The van der Waals surface area contributed by atoms with Crippen LogP contribution in [-0.4, -0.2) is 38.2 Å². The van der Waals surface area contributed by atoms with Crippen LogP contribution in [0.3, 0.4) is 0 Å². The van der Waals surface area contributed by atoms with E-state index in [1.54, 1.807) is 7.11 Å². The fraction of sp³-hybridized carbons (Fsp3) is 0.458. The first-order valence-electron chi connectivity index (χ1n) is 11.1. The van der Waals surface area contributed by atoms with Crippen LogP contribution >= 0.6 is 0 Å². The van der Waals surface area contributed by atoms with Gasteiger partial charge in [0.15, 0.2) is 0 Å². The van der Waals surface area contributed by atoms with Gasteiger partial charge in [-0.3, -0.25) is 4.90 Å². The molecular weight excluding hydrogens is 424 g/mol. The zero-order chi connectivity index (χ0) is 22.5. The number of hydrogen-bond acceptors (Lipinski definition) is 4. The van der Waals surface area contributed by atoms with E-state index in [4.69, 9.17) is 4.74 Å². The molecule has 8 heteroatoms. The molecule has 4 rings (SSSR count). The van der Waals surface area contributed by atoms with E-state index in [0.29, 0.717) is 11.5 Å². The van der Waals surface area contributed by atoms with Crippen molar-refractivity contribution in [3.05, 3.63) is 63.1 Å². The molecule has 0 saturated heterocycles. The number of carbonyl (C=O) groups is 1. The van der Waals surface area contributed by atoms with E-state index >= 15 is 0 Å². The van der Waals surface area contributed by atoms with E-state index in [9.17, 15) is 9.70 Å². The number of anilines is 1. The first kappa shape index (κ1) is 22.8. The van der Waals surface area contributed by atoms with Crippen molar-refractivity contribution >= 4 is 22.6 Å². The standard InChI is InChI=1S/C24H30N4O3S/c1-28(13-14-31-2)16-17-9-11-20(12-10-17)32(27-30)26-24(29)25-23-21-7-3-5-18(21)15-19-6-4-8-22(19)23/h9-12,15H,3-8,13-14,16H2,1-2H3,(H,25,29). The molecule has 7 nitrogen and oxygen atoms in total. The number of likely N-dealkylation sites (N-methyl/N-ethyl adjacent to an activating group) is 1. The predicted molar refractivity (Wildman–Crippen MR) is 128 cm³/mol. The number of benzene rings is 2. The summed E-state index contributed by atoms with van der Waals surface area (Å²) >= 11 is 0. The van der Waals surface area contributed by atoms with Crippen molar-refractivity contribution in [3.8, 4) is 0 Å². The van der Waals surface area contributed by atoms with Gasteiger partial charge < -0.3 is 10.1 Å². The van der Waals surface area contributed by atoms with E-state index < -0.39 is 16.9 Å². The summed E-state index contributed by atoms with van der Waals surface area (Å²) in [7, 11) is 2.35. The van der Waals surface area contributed by atoms with Crippen LogP contribution in [0.15, 0.2) is 44.2 Å². The Morgan fingerprint density at radius 3 is 2.34 bits per heavy atom. The lowest BCUT2D eigenvalue weighted by atomic mass is 9.99. The number of amides is 2. The Hall–Kier alpha value is -2.42. The molecule has 0 aromatic heterocycles. The van der Waals surface area contributed by atoms with Gasteiger partial charge in [-0.1, -0.05) is 18.2 Å². The Labute approximate surface area is 191 Å². The molecule has 0 bridgehead atoms. The summed E-state index contributed by atoms with van der Waals surface area (Å²) in [6.45, 7) is 2.28. The van der Waals surface area contributed by atoms with Crippen LogP contribution in [0.4, 0.5) is 10.5 Å². The summed E-state index contributed by atoms with van der Waals surface area (Å²) in [5.74, 6) is 0. The fourth-order valence-corrected chi connectivity index (χ4v) is 5.45. The number of nitrogens with one attached hydrogen (secondary N) is 1. The van der Waals surface area contributed by atoms with Crippen LogP contribution in [0.1, 0.15) is 40.7 Å². The lowest BCUT2D eigenvalue weighted by Crippen LogP contribution is -2.22. The number of carbonyl (C=O) groups excluding carboxylic acids is 1. The normalized spacial score (nSPS) is 15.6. The lowest BCUT2D eigenvalue weighted by molar-refractivity contribution is 0.158. The van der Waals surface area contributed by atoms with E-state index in [-0.39, 0.29) is 0 Å². The van der Waals surface area contributed by atoms with Crippen molar-refractivity contribution in [2.45, 2.75) is 50.0 Å². The van der Waals surface area contributed by atoms with E-state index in [2.05, 4.69) is 25.2 Å². The van der Waals surface area contributed by atoms with Crippen LogP contribution in [0.25, 0.3) is 0 Å². The molecule has 1 atom stereocenters. The van der Waals surface area contributed by atoms with E-state index in [1.165, 1.54) is 22.3 Å². The number of fused-ring (bicyclic) bond motifs is 2. The molecule has 1 unspecified atom stereocenters. The molecule has 0 radical (unpaired) electrons. The number of hydrogen-bond donors (Lipinski definition) is 1. The highest BCUT2D eigenvalue weighted by Gasteiger charge is 2.25. The fourth-order valence-electron chi connectivity index (χ4n) is 4.64. The molecule has 1 N–H and O–H groups in total. The minimum absolute atomic E-state index is 0.495. The third kappa shape index (κ3) is 5.14. The minimum Gasteiger partial charge on any atom is -0.383 e. The van der Waals surface area contributed by atoms with Gasteiger partial charge in [0, 0.05) is 35.4 Å². The summed E-state index contributed by atoms with van der Waals surface area (Å²) < 4.78 is 12.4. The zero-order valence-corrected chi connectivity index (χ0v) is 19.5. The summed E-state index contributed by atoms with van der Waals surface area (Å²) in [6.07, 6.45) is 6.33. The average Bonchev–Trinajstić information content (AvgIpc) is 3.46. The minimum atomic E-state index is -1.37. The molecule has 2 aliphatic carbocycles. The first-order chi connectivity index (χ1) is 15.6. The van der Waals surface area contributed by atoms with Gasteiger partial charge in [-0.05, 0) is 85.5 Å². The average molecular weight is 455 g/mol. The van der Waals surface area contributed by atoms with Crippen LogP contribution in [0.2, 0.25) is 0 Å². The Morgan fingerprint density at radius 2 is 1.75 bits per heavy atom. The highest BCUT2D eigenvalue weighted by molar-refractivity contribution is 7.86. The molecule has 2 amide bonds. The second kappa shape index (κ2) is 10.5. The number of rotatable bonds is 8. The maximum Gasteiger partial charge on any atom is 0.353 e. The molecule has 0 heterocycles. The summed E-state index contributed by atoms with van der Waals surface area (Å²) in [5, 5.41) is 3.02. The Kier molecular flexibility index (Phi) is 7.44. The zero-order valence-electron chi connectivity index (χ0n) is 18.7. The lowest BCUT2D eigenvalue weighted by Gasteiger charge is -2.16. The second-order valence-corrected chi connectivity index (χ2v) is 9.80. The summed E-state index contributed by atoms with van der Waals surface area (Å²) in [4.78, 5) is 27.1. The number of aryl methyl sites for hydroxylation is 2. The highest BCUT2D eigenvalue weighted by Crippen LogP contribution is 2.38. The molecule has 0 saturated carbocycles. The smallest absolute Gasteiger partial charge is 0.353 e. The number of methoxy groups -OCH3 is 1. The largest absolute Gasteiger partial charge is 0.383 e. The van der Waals surface area contributed by atoms with Crippen molar-refractivity contribution in [2.75, 3.05) is 32.6 Å². The van der Waals surface area contributed by atoms with Gasteiger partial charge in [-0.25, -0.2) is 4.79 Å². The van der Waals surface area contributed by atoms with Gasteiger partial charge >= 0.3 is 6.03 Å². The van der Waals surface area contributed by atoms with Gasteiger partial charge in [0.25, 0.3) is 0 Å². The molecule has 0 aliphatic heterocycles. The molecule has 2 aromatic carbocycles. The Bertz CT molecular complexity index is 1000. The van der Waals surface area contributed by atoms with Crippen molar-refractivity contribution in [3.63, 3.8) is 0 Å². The maximum absolute atomic E-state index is 12.8. The van der Waals surface area contributed by atoms with Crippen molar-refractivity contribution in [1.82, 2.24) is 4.90 Å². The third-order valence-corrected chi connectivity index (χ3v) is 7.38. The topological polar surface area (TPSA) is 83.4 Å². The first-order valence-corrected chi connectivity index (χ1v) is 12.3. The highest BCUT2D eigenvalue weighted by atomic mass is 32.2. The van der Waals surface area contributed by atoms with Crippen LogP contribution < -0.4 is 5.32 Å². The Morgan fingerprint density at radius 1 is 1.09 bits per heavy atom. The summed E-state index contributed by atoms with van der Waals surface area (Å²) in [5.41, 5.74) is 7.23. The molecule has 32 heavy (non-hydrogen) atoms.